The molecule has 5 heteroatoms. The average molecular weight is 179 g/mol. The summed E-state index contributed by atoms with van der Waals surface area (Å²) in [5.74, 6) is 0.367. The van der Waals surface area contributed by atoms with Gasteiger partial charge in [0.05, 0.1) is 16.3 Å². The van der Waals surface area contributed by atoms with E-state index in [0.717, 1.165) is 0 Å². The Balaban J connectivity index is 4.31. The molecule has 0 bridgehead atoms. The molecule has 0 aromatic rings. The Morgan fingerprint density at radius 3 is 2.45 bits per heavy atom. The zero-order valence-electron chi connectivity index (χ0n) is 6.99. The molecule has 0 spiro atoms. The van der Waals surface area contributed by atoms with Crippen LogP contribution in [0.25, 0.3) is 0 Å². The highest BCUT2D eigenvalue weighted by Gasteiger charge is 2.02. The molecule has 0 aromatic carbocycles. The van der Waals surface area contributed by atoms with E-state index in [4.69, 9.17) is 0 Å². The first kappa shape index (κ1) is 10.4. The number of hydrogen-bond acceptors (Lipinski definition) is 3. The largest absolute Gasteiger partial charge is 0.448 e. The van der Waals surface area contributed by atoms with Crippen molar-refractivity contribution in [1.29, 1.82) is 0 Å². The Labute approximate surface area is 67.1 Å². The Morgan fingerprint density at radius 1 is 1.55 bits per heavy atom. The van der Waals surface area contributed by atoms with Gasteiger partial charge in [-0.1, -0.05) is 6.92 Å². The Hall–Kier alpha value is -0.580. The van der Waals surface area contributed by atoms with Crippen LogP contribution in [0.15, 0.2) is 4.36 Å². The number of hydrogen-bond donors (Lipinski definition) is 0. The monoisotopic (exact) mass is 179 g/mol. The molecule has 0 radical (unpaired) electrons. The van der Waals surface area contributed by atoms with Crippen LogP contribution >= 0.6 is 0 Å². The van der Waals surface area contributed by atoms with Crippen molar-refractivity contribution in [1.82, 2.24) is 0 Å². The van der Waals surface area contributed by atoms with Gasteiger partial charge in [-0.15, -0.1) is 4.36 Å². The molecule has 0 fully saturated rings. The van der Waals surface area contributed by atoms with Crippen LogP contribution in [0, 0.1) is 0 Å². The lowest BCUT2D eigenvalue weighted by Crippen LogP contribution is -2.05. The topological polar surface area (TPSA) is 55.7 Å². The Morgan fingerprint density at radius 2 is 2.09 bits per heavy atom. The minimum Gasteiger partial charge on any atom is -0.448 e. The van der Waals surface area contributed by atoms with E-state index >= 15 is 0 Å². The number of carbonyl (C=O) groups is 1. The molecule has 0 aromatic heterocycles. The van der Waals surface area contributed by atoms with E-state index in [1.807, 2.05) is 0 Å². The fraction of sp³-hybridized carbons (Fsp3) is 0.833. The Kier molecular flexibility index (Phi) is 4.10. The zero-order valence-corrected chi connectivity index (χ0v) is 7.81. The second-order valence-electron chi connectivity index (χ2n) is 2.04. The molecule has 66 valence electrons. The van der Waals surface area contributed by atoms with Crippen molar-refractivity contribution in [2.75, 3.05) is 18.6 Å². The SMILES string of the molecule is CCOC(=O)N=S(C)(=O)CC. The molecule has 4 nitrogen and oxygen atoms in total. The lowest BCUT2D eigenvalue weighted by atomic mass is 10.9. The molecule has 0 saturated heterocycles. The fourth-order valence-electron chi connectivity index (χ4n) is 0.372. The number of ether oxygens (including phenoxy) is 1. The van der Waals surface area contributed by atoms with Crippen molar-refractivity contribution >= 4 is 15.8 Å². The van der Waals surface area contributed by atoms with Crippen LogP contribution in [0.4, 0.5) is 4.79 Å². The third-order valence-electron chi connectivity index (χ3n) is 1.07. The van der Waals surface area contributed by atoms with Crippen LogP contribution in [0.2, 0.25) is 0 Å². The first-order valence-electron chi connectivity index (χ1n) is 3.38. The number of rotatable bonds is 2. The minimum absolute atomic E-state index is 0.265. The van der Waals surface area contributed by atoms with E-state index in [2.05, 4.69) is 9.10 Å². The van der Waals surface area contributed by atoms with Gasteiger partial charge in [0.2, 0.25) is 0 Å². The van der Waals surface area contributed by atoms with Crippen molar-refractivity contribution < 1.29 is 13.7 Å². The molecular formula is C6H13NO3S. The van der Waals surface area contributed by atoms with Gasteiger partial charge in [0, 0.05) is 12.0 Å². The minimum atomic E-state index is -2.34. The van der Waals surface area contributed by atoms with E-state index in [1.54, 1.807) is 13.8 Å². The molecule has 0 aliphatic rings. The molecule has 0 rings (SSSR count). The van der Waals surface area contributed by atoms with Gasteiger partial charge >= 0.3 is 6.09 Å². The van der Waals surface area contributed by atoms with Crippen LogP contribution in [-0.4, -0.2) is 28.9 Å². The fourth-order valence-corrected chi connectivity index (χ4v) is 0.869. The van der Waals surface area contributed by atoms with Crippen LogP contribution in [0.1, 0.15) is 13.8 Å². The van der Waals surface area contributed by atoms with Crippen LogP contribution in [0.5, 0.6) is 0 Å². The van der Waals surface area contributed by atoms with Gasteiger partial charge in [-0.3, -0.25) is 0 Å². The van der Waals surface area contributed by atoms with Gasteiger partial charge in [0.15, 0.2) is 0 Å². The highest BCUT2D eigenvalue weighted by molar-refractivity contribution is 7.93. The normalized spacial score (nSPS) is 15.2. The molecule has 1 unspecified atom stereocenters. The van der Waals surface area contributed by atoms with E-state index in [1.165, 1.54) is 6.26 Å². The van der Waals surface area contributed by atoms with Crippen LogP contribution < -0.4 is 0 Å². The second-order valence-corrected chi connectivity index (χ2v) is 4.72. The predicted octanol–water partition coefficient (Wildman–Crippen LogP) is 1.26. The van der Waals surface area contributed by atoms with Crippen LogP contribution in [0.3, 0.4) is 0 Å². The van der Waals surface area contributed by atoms with Crippen molar-refractivity contribution in [3.05, 3.63) is 0 Å². The summed E-state index contributed by atoms with van der Waals surface area (Å²) in [6.07, 6.45) is 0.700. The summed E-state index contributed by atoms with van der Waals surface area (Å²) in [5.41, 5.74) is 0. The standard InChI is InChI=1S/C6H13NO3S/c1-4-10-6(8)7-11(3,9)5-2/h4-5H2,1-3H3. The van der Waals surface area contributed by atoms with Gasteiger partial charge in [-0.2, -0.15) is 0 Å². The third kappa shape index (κ3) is 4.78. The molecule has 0 aliphatic heterocycles. The van der Waals surface area contributed by atoms with E-state index in [9.17, 15) is 9.00 Å². The molecule has 11 heavy (non-hydrogen) atoms. The number of carbonyl (C=O) groups excluding carboxylic acids is 1. The average Bonchev–Trinajstić information content (AvgIpc) is 1.87. The highest BCUT2D eigenvalue weighted by atomic mass is 32.2. The summed E-state index contributed by atoms with van der Waals surface area (Å²) in [4.78, 5) is 10.6. The maximum Gasteiger partial charge on any atom is 0.441 e. The summed E-state index contributed by atoms with van der Waals surface area (Å²) in [5, 5.41) is 0. The number of nitrogens with zero attached hydrogens (tertiary/aromatic N) is 1. The van der Waals surface area contributed by atoms with Gasteiger partial charge in [-0.05, 0) is 6.92 Å². The third-order valence-corrected chi connectivity index (χ3v) is 2.68. The van der Waals surface area contributed by atoms with Gasteiger partial charge in [-0.25, -0.2) is 9.00 Å². The van der Waals surface area contributed by atoms with Crippen molar-refractivity contribution in [2.24, 2.45) is 4.36 Å². The lowest BCUT2D eigenvalue weighted by Gasteiger charge is -1.98. The van der Waals surface area contributed by atoms with Gasteiger partial charge in [0.25, 0.3) is 0 Å². The molecule has 1 atom stereocenters. The maximum absolute atomic E-state index is 11.2. The molecule has 1 amide bonds. The van der Waals surface area contributed by atoms with Crippen LogP contribution in [-0.2, 0) is 14.5 Å². The maximum atomic E-state index is 11.2. The lowest BCUT2D eigenvalue weighted by molar-refractivity contribution is 0.164. The first-order chi connectivity index (χ1) is 5.02. The zero-order chi connectivity index (χ0) is 8.91. The molecular weight excluding hydrogens is 166 g/mol. The molecule has 0 N–H and O–H groups in total. The first-order valence-corrected chi connectivity index (χ1v) is 5.47. The second kappa shape index (κ2) is 4.33. The summed E-state index contributed by atoms with van der Waals surface area (Å²) in [6, 6.07) is 0. The smallest absolute Gasteiger partial charge is 0.441 e. The summed E-state index contributed by atoms with van der Waals surface area (Å²) in [7, 11) is -2.34. The van der Waals surface area contributed by atoms with Gasteiger partial charge < -0.3 is 4.74 Å². The highest BCUT2D eigenvalue weighted by Crippen LogP contribution is 1.93. The van der Waals surface area contributed by atoms with E-state index in [-0.39, 0.29) is 6.61 Å². The summed E-state index contributed by atoms with van der Waals surface area (Å²) >= 11 is 0. The van der Waals surface area contributed by atoms with Gasteiger partial charge in [0.1, 0.15) is 0 Å². The van der Waals surface area contributed by atoms with E-state index < -0.39 is 15.8 Å². The molecule has 0 aliphatic carbocycles. The Bertz CT molecular complexity index is 240. The summed E-state index contributed by atoms with van der Waals surface area (Å²) < 4.78 is 19.1. The van der Waals surface area contributed by atoms with E-state index in [0.29, 0.717) is 5.75 Å². The molecule has 0 saturated carbocycles. The summed E-state index contributed by atoms with van der Waals surface area (Å²) in [6.45, 7) is 3.66. The predicted molar refractivity (Wildman–Crippen MR) is 44.1 cm³/mol. The quantitative estimate of drug-likeness (QED) is 0.641. The van der Waals surface area contributed by atoms with Crippen molar-refractivity contribution in [2.45, 2.75) is 13.8 Å². The van der Waals surface area contributed by atoms with Crippen molar-refractivity contribution in [3.8, 4) is 0 Å². The number of amides is 1. The van der Waals surface area contributed by atoms with Crippen molar-refractivity contribution in [3.63, 3.8) is 0 Å². The molecule has 0 heterocycles.